The van der Waals surface area contributed by atoms with Crippen LogP contribution in [-0.4, -0.2) is 23.7 Å². The lowest BCUT2D eigenvalue weighted by atomic mass is 10.1. The van der Waals surface area contributed by atoms with Crippen LogP contribution < -0.4 is 0 Å². The topological polar surface area (TPSA) is 63.6 Å². The third kappa shape index (κ3) is 23.9. The lowest BCUT2D eigenvalue weighted by Gasteiger charge is -2.02. The van der Waals surface area contributed by atoms with Gasteiger partial charge in [0.2, 0.25) is 0 Å². The van der Waals surface area contributed by atoms with Crippen molar-refractivity contribution in [1.29, 1.82) is 0 Å². The number of rotatable bonds is 12. The Morgan fingerprint density at radius 3 is 1.71 bits per heavy atom. The van der Waals surface area contributed by atoms with Crippen LogP contribution in [-0.2, 0) is 14.3 Å². The zero-order valence-electron chi connectivity index (χ0n) is 13.3. The largest absolute Gasteiger partial charge is 0.478 e. The molecule has 0 unspecified atom stereocenters. The van der Waals surface area contributed by atoms with Gasteiger partial charge in [0.25, 0.3) is 0 Å². The first kappa shape index (κ1) is 21.7. The molecule has 0 bridgehead atoms. The molecule has 4 heteroatoms. The standard InChI is InChI=1S/C14H26O2.C3H4O2/c1-3-5-6-7-8-9-10-11-12-13-16-14(15)4-2;1-2-3(4)5/h4H,2-3,5-13H2,1H3;2H,1H2,(H,4,5). The molecule has 0 fully saturated rings. The van der Waals surface area contributed by atoms with Crippen molar-refractivity contribution >= 4 is 11.9 Å². The van der Waals surface area contributed by atoms with Gasteiger partial charge in [-0.05, 0) is 6.42 Å². The van der Waals surface area contributed by atoms with Crippen LogP contribution in [0.5, 0.6) is 0 Å². The second kappa shape index (κ2) is 18.4. The quantitative estimate of drug-likeness (QED) is 0.327. The molecule has 0 aliphatic rings. The number of ether oxygens (including phenoxy) is 1. The summed E-state index contributed by atoms with van der Waals surface area (Å²) in [4.78, 5) is 20.0. The molecule has 4 nitrogen and oxygen atoms in total. The smallest absolute Gasteiger partial charge is 0.330 e. The molecule has 0 aromatic carbocycles. The highest BCUT2D eigenvalue weighted by atomic mass is 16.5. The first-order chi connectivity index (χ1) is 10.1. The molecular formula is C17H30O4. The highest BCUT2D eigenvalue weighted by molar-refractivity contribution is 5.81. The number of hydrogen-bond acceptors (Lipinski definition) is 3. The molecule has 0 atom stereocenters. The lowest BCUT2D eigenvalue weighted by Crippen LogP contribution is -2.01. The van der Waals surface area contributed by atoms with E-state index in [0.29, 0.717) is 6.61 Å². The van der Waals surface area contributed by atoms with Gasteiger partial charge in [-0.15, -0.1) is 0 Å². The molecule has 1 N–H and O–H groups in total. The Balaban J connectivity index is 0. The van der Waals surface area contributed by atoms with Crippen molar-refractivity contribution in [3.63, 3.8) is 0 Å². The lowest BCUT2D eigenvalue weighted by molar-refractivity contribution is -0.138. The number of carboxylic acids is 1. The molecule has 0 radical (unpaired) electrons. The number of esters is 1. The highest BCUT2D eigenvalue weighted by Crippen LogP contribution is 2.09. The van der Waals surface area contributed by atoms with Crippen molar-refractivity contribution in [3.05, 3.63) is 25.3 Å². The minimum atomic E-state index is -0.981. The fourth-order valence-electron chi connectivity index (χ4n) is 1.64. The number of carbonyl (C=O) groups excluding carboxylic acids is 1. The molecule has 0 spiro atoms. The summed E-state index contributed by atoms with van der Waals surface area (Å²) in [6.07, 6.45) is 13.6. The molecule has 0 heterocycles. The molecular weight excluding hydrogens is 268 g/mol. The summed E-state index contributed by atoms with van der Waals surface area (Å²) in [5, 5.41) is 7.60. The van der Waals surface area contributed by atoms with E-state index in [-0.39, 0.29) is 5.97 Å². The van der Waals surface area contributed by atoms with E-state index in [1.807, 2.05) is 0 Å². The van der Waals surface area contributed by atoms with Crippen LogP contribution in [0, 0.1) is 0 Å². The van der Waals surface area contributed by atoms with Crippen molar-refractivity contribution in [1.82, 2.24) is 0 Å². The minimum Gasteiger partial charge on any atom is -0.478 e. The van der Waals surface area contributed by atoms with Gasteiger partial charge in [0.1, 0.15) is 0 Å². The second-order valence-electron chi connectivity index (χ2n) is 4.74. The van der Waals surface area contributed by atoms with E-state index in [2.05, 4.69) is 20.1 Å². The predicted octanol–water partition coefficient (Wildman–Crippen LogP) is 4.50. The van der Waals surface area contributed by atoms with E-state index >= 15 is 0 Å². The van der Waals surface area contributed by atoms with Crippen LogP contribution >= 0.6 is 0 Å². The van der Waals surface area contributed by atoms with Gasteiger partial charge >= 0.3 is 11.9 Å². The maximum absolute atomic E-state index is 10.7. The van der Waals surface area contributed by atoms with E-state index < -0.39 is 5.97 Å². The van der Waals surface area contributed by atoms with Gasteiger partial charge in [0.15, 0.2) is 0 Å². The van der Waals surface area contributed by atoms with E-state index in [0.717, 1.165) is 18.9 Å². The Hall–Kier alpha value is -1.58. The van der Waals surface area contributed by atoms with Crippen LogP contribution in [0.1, 0.15) is 64.7 Å². The minimum absolute atomic E-state index is 0.306. The van der Waals surface area contributed by atoms with Gasteiger partial charge in [0, 0.05) is 12.2 Å². The molecule has 0 aliphatic heterocycles. The summed E-state index contributed by atoms with van der Waals surface area (Å²) < 4.78 is 4.89. The second-order valence-corrected chi connectivity index (χ2v) is 4.74. The third-order valence-corrected chi connectivity index (χ3v) is 2.83. The Bertz CT molecular complexity index is 285. The fourth-order valence-corrected chi connectivity index (χ4v) is 1.64. The Kier molecular flexibility index (Phi) is 19.0. The fraction of sp³-hybridized carbons (Fsp3) is 0.647. The average molecular weight is 298 g/mol. The molecule has 0 aromatic rings. The van der Waals surface area contributed by atoms with Gasteiger partial charge in [-0.2, -0.15) is 0 Å². The highest BCUT2D eigenvalue weighted by Gasteiger charge is 1.95. The van der Waals surface area contributed by atoms with Crippen molar-refractivity contribution in [2.75, 3.05) is 6.61 Å². The number of unbranched alkanes of at least 4 members (excludes halogenated alkanes) is 8. The summed E-state index contributed by atoms with van der Waals surface area (Å²) >= 11 is 0. The molecule has 0 aromatic heterocycles. The van der Waals surface area contributed by atoms with Gasteiger partial charge < -0.3 is 9.84 Å². The Morgan fingerprint density at radius 2 is 1.33 bits per heavy atom. The molecule has 0 saturated heterocycles. The molecule has 0 amide bonds. The maximum atomic E-state index is 10.7. The van der Waals surface area contributed by atoms with E-state index in [1.165, 1.54) is 51.0 Å². The van der Waals surface area contributed by atoms with Crippen LogP contribution in [0.3, 0.4) is 0 Å². The Morgan fingerprint density at radius 1 is 0.905 bits per heavy atom. The first-order valence-corrected chi connectivity index (χ1v) is 7.73. The number of carbonyl (C=O) groups is 2. The van der Waals surface area contributed by atoms with Crippen molar-refractivity contribution in [2.24, 2.45) is 0 Å². The number of carboxylic acid groups (broad SMARTS) is 1. The summed E-state index contributed by atoms with van der Waals surface area (Å²) in [6, 6.07) is 0. The molecule has 0 aliphatic carbocycles. The summed E-state index contributed by atoms with van der Waals surface area (Å²) in [5.74, 6) is -1.29. The zero-order valence-corrected chi connectivity index (χ0v) is 13.3. The number of hydrogen-bond donors (Lipinski definition) is 1. The van der Waals surface area contributed by atoms with Gasteiger partial charge in [0.05, 0.1) is 6.61 Å². The molecule has 21 heavy (non-hydrogen) atoms. The Labute approximate surface area is 128 Å². The summed E-state index contributed by atoms with van der Waals surface area (Å²) in [6.45, 7) is 9.09. The molecule has 122 valence electrons. The van der Waals surface area contributed by atoms with Crippen LogP contribution in [0.15, 0.2) is 25.3 Å². The molecule has 0 saturated carbocycles. The van der Waals surface area contributed by atoms with Gasteiger partial charge in [-0.1, -0.05) is 71.4 Å². The monoisotopic (exact) mass is 298 g/mol. The van der Waals surface area contributed by atoms with Crippen LogP contribution in [0.4, 0.5) is 0 Å². The molecule has 0 rings (SSSR count). The number of aliphatic carboxylic acids is 1. The average Bonchev–Trinajstić information content (AvgIpc) is 2.49. The van der Waals surface area contributed by atoms with E-state index in [1.54, 1.807) is 0 Å². The third-order valence-electron chi connectivity index (χ3n) is 2.83. The van der Waals surface area contributed by atoms with Crippen LogP contribution in [0.2, 0.25) is 0 Å². The van der Waals surface area contributed by atoms with Crippen molar-refractivity contribution in [2.45, 2.75) is 64.7 Å². The van der Waals surface area contributed by atoms with Gasteiger partial charge in [-0.3, -0.25) is 0 Å². The SMILES string of the molecule is C=CC(=O)O.C=CC(=O)OCCCCCCCCCCC. The van der Waals surface area contributed by atoms with Crippen LogP contribution in [0.25, 0.3) is 0 Å². The zero-order chi connectivity index (χ0) is 16.3. The van der Waals surface area contributed by atoms with E-state index in [9.17, 15) is 9.59 Å². The van der Waals surface area contributed by atoms with E-state index in [4.69, 9.17) is 9.84 Å². The maximum Gasteiger partial charge on any atom is 0.330 e. The van der Waals surface area contributed by atoms with Crippen molar-refractivity contribution < 1.29 is 19.4 Å². The summed E-state index contributed by atoms with van der Waals surface area (Å²) in [5.41, 5.74) is 0. The normalized spacial score (nSPS) is 9.19. The first-order valence-electron chi connectivity index (χ1n) is 7.73. The predicted molar refractivity (Wildman–Crippen MR) is 86.2 cm³/mol. The van der Waals surface area contributed by atoms with Gasteiger partial charge in [-0.25, -0.2) is 9.59 Å². The summed E-state index contributed by atoms with van der Waals surface area (Å²) in [7, 11) is 0. The van der Waals surface area contributed by atoms with Crippen molar-refractivity contribution in [3.8, 4) is 0 Å².